The highest BCUT2D eigenvalue weighted by molar-refractivity contribution is 6.12. The number of imidazole rings is 2. The summed E-state index contributed by atoms with van der Waals surface area (Å²) in [5, 5.41) is 4.77. The summed E-state index contributed by atoms with van der Waals surface area (Å²) in [6.07, 6.45) is 0. The minimum atomic E-state index is 0.769. The molecule has 0 saturated carbocycles. The molecule has 0 amide bonds. The summed E-state index contributed by atoms with van der Waals surface area (Å²) in [7, 11) is 0. The van der Waals surface area contributed by atoms with Crippen molar-refractivity contribution in [1.29, 1.82) is 0 Å². The van der Waals surface area contributed by atoms with Gasteiger partial charge in [-0.05, 0) is 123 Å². The van der Waals surface area contributed by atoms with Gasteiger partial charge in [-0.3, -0.25) is 13.5 Å². The first-order valence-electron chi connectivity index (χ1n) is 24.6. The van der Waals surface area contributed by atoms with Gasteiger partial charge in [0.25, 0.3) is 0 Å². The summed E-state index contributed by atoms with van der Waals surface area (Å²) in [6.45, 7) is 0. The molecule has 0 unspecified atom stereocenters. The predicted molar refractivity (Wildman–Crippen MR) is 297 cm³/mol. The maximum absolute atomic E-state index is 5.78. The molecule has 72 heavy (non-hydrogen) atoms. The van der Waals surface area contributed by atoms with Crippen molar-refractivity contribution in [2.45, 2.75) is 0 Å². The minimum absolute atomic E-state index is 0.769. The molecule has 5 aromatic heterocycles. The molecule has 0 radical (unpaired) electrons. The smallest absolute Gasteiger partial charge is 0.221 e. The average Bonchev–Trinajstić information content (AvgIpc) is 4.18. The standard InChI is InChI=1S/C66H40N6/c1-2-20-43-42(19-1)44-21-3-5-23-46(44)53-39-52(63(40-54(53)47-24-6-4-22-45(43)47)69-56-30-12-7-25-48(56)49-26-8-13-31-57(49)69)41-37-64(70-58-32-14-9-27-50(58)51-28-10-15-33-59(51)70)68-65(38-41)72-62-36-18-17-35-61(62)71-60-34-16-11-29-55(60)67-66(71)72/h1-40H. The number of hydrogen-bond acceptors (Lipinski definition) is 2. The fourth-order valence-electron chi connectivity index (χ4n) is 12.1. The Morgan fingerprint density at radius 3 is 1.14 bits per heavy atom. The molecule has 6 heteroatoms. The normalized spacial score (nSPS) is 12.2. The second kappa shape index (κ2) is 14.9. The Morgan fingerprint density at radius 1 is 0.250 bits per heavy atom. The molecular formula is C66H40N6. The molecule has 10 aromatic carbocycles. The third kappa shape index (κ3) is 5.43. The van der Waals surface area contributed by atoms with Crippen LogP contribution in [0.25, 0.3) is 144 Å². The number of para-hydroxylation sites is 8. The third-order valence-corrected chi connectivity index (χ3v) is 15.2. The molecule has 0 N–H and O–H groups in total. The van der Waals surface area contributed by atoms with Gasteiger partial charge in [0.15, 0.2) is 0 Å². The number of benzene rings is 10. The first-order chi connectivity index (χ1) is 35.7. The van der Waals surface area contributed by atoms with Gasteiger partial charge in [0.05, 0.1) is 49.8 Å². The number of hydrogen-bond donors (Lipinski definition) is 0. The first kappa shape index (κ1) is 39.1. The Bertz CT molecular complexity index is 4660. The van der Waals surface area contributed by atoms with E-state index in [1.807, 2.05) is 0 Å². The van der Waals surface area contributed by atoms with Crippen LogP contribution in [0.15, 0.2) is 243 Å². The van der Waals surface area contributed by atoms with E-state index in [-0.39, 0.29) is 0 Å². The molecule has 334 valence electrons. The molecule has 15 aromatic rings. The van der Waals surface area contributed by atoms with Gasteiger partial charge < -0.3 is 4.57 Å². The van der Waals surface area contributed by atoms with Crippen LogP contribution in [-0.2, 0) is 0 Å². The summed E-state index contributed by atoms with van der Waals surface area (Å²) < 4.78 is 9.37. The van der Waals surface area contributed by atoms with Crippen molar-refractivity contribution >= 4 is 71.5 Å². The van der Waals surface area contributed by atoms with Gasteiger partial charge in [-0.2, -0.15) is 0 Å². The molecule has 16 rings (SSSR count). The Hall–Kier alpha value is -9.78. The van der Waals surface area contributed by atoms with Crippen LogP contribution in [0.5, 0.6) is 0 Å². The molecule has 1 aliphatic carbocycles. The van der Waals surface area contributed by atoms with Gasteiger partial charge in [-0.1, -0.05) is 170 Å². The van der Waals surface area contributed by atoms with E-state index in [1.165, 1.54) is 60.5 Å². The number of fused-ring (bicyclic) bond motifs is 19. The lowest BCUT2D eigenvalue weighted by Gasteiger charge is -2.26. The van der Waals surface area contributed by atoms with E-state index in [2.05, 4.69) is 261 Å². The zero-order chi connectivity index (χ0) is 47.0. The molecule has 6 nitrogen and oxygen atoms in total. The van der Waals surface area contributed by atoms with Crippen LogP contribution in [0.3, 0.4) is 0 Å². The van der Waals surface area contributed by atoms with E-state index >= 15 is 0 Å². The summed E-state index contributed by atoms with van der Waals surface area (Å²) >= 11 is 0. The van der Waals surface area contributed by atoms with Gasteiger partial charge in [-0.25, -0.2) is 9.97 Å². The first-order valence-corrected chi connectivity index (χ1v) is 24.6. The zero-order valence-corrected chi connectivity index (χ0v) is 38.8. The molecule has 0 spiro atoms. The minimum Gasteiger partial charge on any atom is -0.309 e. The number of pyridine rings is 1. The van der Waals surface area contributed by atoms with Gasteiger partial charge in [0.2, 0.25) is 5.78 Å². The zero-order valence-electron chi connectivity index (χ0n) is 38.8. The van der Waals surface area contributed by atoms with Crippen LogP contribution >= 0.6 is 0 Å². The summed E-state index contributed by atoms with van der Waals surface area (Å²) in [5.74, 6) is 2.39. The fraction of sp³-hybridized carbons (Fsp3) is 0. The highest BCUT2D eigenvalue weighted by atomic mass is 15.2. The molecule has 0 fully saturated rings. The summed E-state index contributed by atoms with van der Waals surface area (Å²) in [5.41, 5.74) is 21.3. The lowest BCUT2D eigenvalue weighted by atomic mass is 9.79. The Morgan fingerprint density at radius 2 is 0.625 bits per heavy atom. The SMILES string of the molecule is c1ccc2c(c1)-c1ccccc1-c1cc(-c3cc(-n4c5ccccc5c5ccccc54)nc(-n4c5ccccc5n5c6ccccc6nc45)c3)c(-n3c4ccccc4c4ccccc43)cc1-c1ccccc1-2. The predicted octanol–water partition coefficient (Wildman–Crippen LogP) is 16.7. The largest absolute Gasteiger partial charge is 0.309 e. The van der Waals surface area contributed by atoms with E-state index in [1.54, 1.807) is 0 Å². The van der Waals surface area contributed by atoms with Crippen LogP contribution in [0.2, 0.25) is 0 Å². The fourth-order valence-corrected chi connectivity index (χ4v) is 12.1. The monoisotopic (exact) mass is 916 g/mol. The van der Waals surface area contributed by atoms with Gasteiger partial charge in [-0.15, -0.1) is 0 Å². The Balaban J connectivity index is 1.10. The lowest BCUT2D eigenvalue weighted by molar-refractivity contribution is 0.996. The van der Waals surface area contributed by atoms with Crippen molar-refractivity contribution < 1.29 is 0 Å². The molecule has 1 aliphatic rings. The average molecular weight is 917 g/mol. The van der Waals surface area contributed by atoms with Crippen LogP contribution in [-0.4, -0.2) is 28.1 Å². The van der Waals surface area contributed by atoms with Crippen molar-refractivity contribution in [2.24, 2.45) is 0 Å². The number of nitrogens with zero attached hydrogens (tertiary/aromatic N) is 6. The molecule has 5 heterocycles. The number of rotatable bonds is 4. The van der Waals surface area contributed by atoms with E-state index in [4.69, 9.17) is 9.97 Å². The quantitative estimate of drug-likeness (QED) is 0.177. The maximum atomic E-state index is 5.78. The highest BCUT2D eigenvalue weighted by Crippen LogP contribution is 2.51. The van der Waals surface area contributed by atoms with E-state index in [0.717, 1.165) is 83.9 Å². The van der Waals surface area contributed by atoms with Crippen LogP contribution in [0, 0.1) is 0 Å². The Kier molecular flexibility index (Phi) is 8.07. The van der Waals surface area contributed by atoms with Crippen molar-refractivity contribution in [3.8, 4) is 73.0 Å². The summed E-state index contributed by atoms with van der Waals surface area (Å²) in [6, 6.07) is 88.4. The van der Waals surface area contributed by atoms with Crippen LogP contribution in [0.4, 0.5) is 0 Å². The highest BCUT2D eigenvalue weighted by Gasteiger charge is 2.27. The van der Waals surface area contributed by atoms with Gasteiger partial charge >= 0.3 is 0 Å². The lowest BCUT2D eigenvalue weighted by Crippen LogP contribution is -2.06. The molecule has 0 saturated heterocycles. The van der Waals surface area contributed by atoms with Crippen molar-refractivity contribution in [3.05, 3.63) is 243 Å². The molecule has 0 bridgehead atoms. The van der Waals surface area contributed by atoms with Gasteiger partial charge in [0.1, 0.15) is 11.6 Å². The Labute approximate surface area is 413 Å². The van der Waals surface area contributed by atoms with Crippen LogP contribution in [0.1, 0.15) is 0 Å². The number of aromatic nitrogens is 6. The second-order valence-corrected chi connectivity index (χ2v) is 18.9. The summed E-state index contributed by atoms with van der Waals surface area (Å²) in [4.78, 5) is 11.1. The van der Waals surface area contributed by atoms with Crippen molar-refractivity contribution in [3.63, 3.8) is 0 Å². The van der Waals surface area contributed by atoms with Gasteiger partial charge in [0, 0.05) is 27.1 Å². The molecule has 0 aliphatic heterocycles. The van der Waals surface area contributed by atoms with E-state index in [0.29, 0.717) is 0 Å². The van der Waals surface area contributed by atoms with Crippen molar-refractivity contribution in [2.75, 3.05) is 0 Å². The molecule has 0 atom stereocenters. The van der Waals surface area contributed by atoms with Crippen molar-refractivity contribution in [1.82, 2.24) is 28.1 Å². The maximum Gasteiger partial charge on any atom is 0.221 e. The second-order valence-electron chi connectivity index (χ2n) is 18.9. The van der Waals surface area contributed by atoms with E-state index in [9.17, 15) is 0 Å². The molecular weight excluding hydrogens is 877 g/mol. The third-order valence-electron chi connectivity index (χ3n) is 15.2. The van der Waals surface area contributed by atoms with Crippen LogP contribution < -0.4 is 0 Å². The van der Waals surface area contributed by atoms with E-state index < -0.39 is 0 Å². The topological polar surface area (TPSA) is 45.0 Å².